The molecule has 1 atom stereocenters. The first-order chi connectivity index (χ1) is 5.15. The molecule has 1 heterocycles. The Kier molecular flexibility index (Phi) is 2.33. The van der Waals surface area contributed by atoms with Crippen molar-refractivity contribution in [1.82, 2.24) is 4.98 Å². The van der Waals surface area contributed by atoms with Crippen LogP contribution in [0, 0.1) is 0 Å². The van der Waals surface area contributed by atoms with Gasteiger partial charge in [-0.05, 0) is 0 Å². The first-order valence-electron chi connectivity index (χ1n) is 2.95. The highest BCUT2D eigenvalue weighted by atomic mass is 35.5. The molecule has 0 spiro atoms. The Bertz CT molecular complexity index is 250. The van der Waals surface area contributed by atoms with Crippen LogP contribution in [0.5, 0.6) is 0 Å². The van der Waals surface area contributed by atoms with Crippen LogP contribution in [-0.4, -0.2) is 16.6 Å². The van der Waals surface area contributed by atoms with Crippen LogP contribution in [0.4, 0.5) is 6.01 Å². The smallest absolute Gasteiger partial charge is 0.293 e. The van der Waals surface area contributed by atoms with Crippen molar-refractivity contribution in [3.05, 3.63) is 10.9 Å². The average Bonchev–Trinajstić information content (AvgIpc) is 2.28. The minimum Gasteiger partial charge on any atom is -0.424 e. The van der Waals surface area contributed by atoms with Crippen molar-refractivity contribution in [2.75, 3.05) is 12.3 Å². The largest absolute Gasteiger partial charge is 0.424 e. The van der Waals surface area contributed by atoms with E-state index in [0.717, 1.165) is 0 Å². The zero-order chi connectivity index (χ0) is 8.43. The number of aromatic nitrogens is 1. The molecule has 0 aliphatic rings. The normalized spacial score (nSPS) is 13.4. The number of nitrogens with zero attached hydrogens (tertiary/aromatic N) is 1. The molecule has 62 valence electrons. The third-order valence-corrected chi connectivity index (χ3v) is 1.42. The summed E-state index contributed by atoms with van der Waals surface area (Å²) in [5.41, 5.74) is 10.3. The van der Waals surface area contributed by atoms with E-state index in [9.17, 15) is 0 Å². The number of aliphatic hydroxyl groups is 1. The summed E-state index contributed by atoms with van der Waals surface area (Å²) in [7, 11) is 0. The lowest BCUT2D eigenvalue weighted by atomic mass is 10.3. The van der Waals surface area contributed by atoms with Crippen molar-refractivity contribution in [2.45, 2.75) is 6.10 Å². The highest BCUT2D eigenvalue weighted by Crippen LogP contribution is 2.23. The molecular formula is C5H8ClN3O2. The molecule has 1 unspecified atom stereocenters. The third kappa shape index (κ3) is 1.62. The van der Waals surface area contributed by atoms with Crippen LogP contribution in [0.2, 0.25) is 5.15 Å². The number of oxazole rings is 1. The van der Waals surface area contributed by atoms with Crippen LogP contribution in [0.15, 0.2) is 4.42 Å². The van der Waals surface area contributed by atoms with E-state index in [1.165, 1.54) is 0 Å². The molecule has 5 N–H and O–H groups in total. The number of aliphatic hydroxyl groups excluding tert-OH is 1. The highest BCUT2D eigenvalue weighted by Gasteiger charge is 2.16. The summed E-state index contributed by atoms with van der Waals surface area (Å²) in [6.45, 7) is 0.0222. The molecule has 0 bridgehead atoms. The molecule has 0 saturated carbocycles. The van der Waals surface area contributed by atoms with Crippen molar-refractivity contribution in [3.63, 3.8) is 0 Å². The Morgan fingerprint density at radius 2 is 2.36 bits per heavy atom. The van der Waals surface area contributed by atoms with Crippen molar-refractivity contribution >= 4 is 17.6 Å². The van der Waals surface area contributed by atoms with Crippen molar-refractivity contribution < 1.29 is 9.52 Å². The molecule has 0 aliphatic heterocycles. The van der Waals surface area contributed by atoms with E-state index in [4.69, 9.17) is 32.6 Å². The van der Waals surface area contributed by atoms with Crippen LogP contribution in [0.25, 0.3) is 0 Å². The average molecular weight is 178 g/mol. The Balaban J connectivity index is 2.93. The van der Waals surface area contributed by atoms with Gasteiger partial charge in [-0.15, -0.1) is 0 Å². The van der Waals surface area contributed by atoms with Gasteiger partial charge in [-0.3, -0.25) is 0 Å². The number of anilines is 1. The zero-order valence-electron chi connectivity index (χ0n) is 5.62. The summed E-state index contributed by atoms with van der Waals surface area (Å²) >= 11 is 5.52. The first kappa shape index (κ1) is 8.32. The van der Waals surface area contributed by atoms with Crippen LogP contribution in [-0.2, 0) is 0 Å². The molecule has 0 amide bonds. The van der Waals surface area contributed by atoms with Crippen LogP contribution in [0.1, 0.15) is 11.9 Å². The summed E-state index contributed by atoms with van der Waals surface area (Å²) in [5.74, 6) is 0.117. The van der Waals surface area contributed by atoms with Gasteiger partial charge in [0.1, 0.15) is 6.10 Å². The second-order valence-electron chi connectivity index (χ2n) is 1.96. The lowest BCUT2D eigenvalue weighted by molar-refractivity contribution is 0.159. The minimum absolute atomic E-state index is 0.0222. The van der Waals surface area contributed by atoms with E-state index in [0.29, 0.717) is 0 Å². The number of nitrogen functional groups attached to an aromatic ring is 1. The molecule has 5 nitrogen and oxygen atoms in total. The summed E-state index contributed by atoms with van der Waals surface area (Å²) in [4.78, 5) is 3.54. The van der Waals surface area contributed by atoms with Gasteiger partial charge in [0.15, 0.2) is 10.9 Å². The molecule has 11 heavy (non-hydrogen) atoms. The monoisotopic (exact) mass is 177 g/mol. The summed E-state index contributed by atoms with van der Waals surface area (Å²) in [6, 6.07) is -0.0718. The molecule has 1 aromatic heterocycles. The zero-order valence-corrected chi connectivity index (χ0v) is 6.38. The molecule has 0 aromatic carbocycles. The van der Waals surface area contributed by atoms with Gasteiger partial charge < -0.3 is 21.0 Å². The van der Waals surface area contributed by atoms with E-state index in [1.54, 1.807) is 0 Å². The quantitative estimate of drug-likeness (QED) is 0.586. The molecule has 1 aromatic rings. The Hall–Kier alpha value is -0.780. The summed E-state index contributed by atoms with van der Waals surface area (Å²) < 4.78 is 4.77. The van der Waals surface area contributed by atoms with Gasteiger partial charge in [-0.25, -0.2) is 0 Å². The lowest BCUT2D eigenvalue weighted by Gasteiger charge is -2.01. The maximum atomic E-state index is 9.12. The van der Waals surface area contributed by atoms with Gasteiger partial charge in [0, 0.05) is 6.54 Å². The predicted octanol–water partition coefficient (Wildman–Crippen LogP) is -0.0977. The molecule has 1 rings (SSSR count). The van der Waals surface area contributed by atoms with Gasteiger partial charge in [0.25, 0.3) is 6.01 Å². The molecular weight excluding hydrogens is 170 g/mol. The first-order valence-corrected chi connectivity index (χ1v) is 3.32. The standard InChI is InChI=1S/C5H8ClN3O2/c6-4-3(2(10)1-7)11-5(8)9-4/h2,10H,1,7H2,(H2,8,9). The number of halogens is 1. The van der Waals surface area contributed by atoms with E-state index in [1.807, 2.05) is 0 Å². The van der Waals surface area contributed by atoms with E-state index in [-0.39, 0.29) is 23.5 Å². The van der Waals surface area contributed by atoms with Crippen molar-refractivity contribution in [3.8, 4) is 0 Å². The number of hydrogen-bond acceptors (Lipinski definition) is 5. The van der Waals surface area contributed by atoms with E-state index >= 15 is 0 Å². The second kappa shape index (κ2) is 3.08. The van der Waals surface area contributed by atoms with Gasteiger partial charge in [-0.1, -0.05) is 11.6 Å². The lowest BCUT2D eigenvalue weighted by Crippen LogP contribution is -2.11. The summed E-state index contributed by atoms with van der Waals surface area (Å²) in [6.07, 6.45) is -0.938. The van der Waals surface area contributed by atoms with Crippen LogP contribution in [0.3, 0.4) is 0 Å². The van der Waals surface area contributed by atoms with E-state index < -0.39 is 6.10 Å². The van der Waals surface area contributed by atoms with Gasteiger partial charge >= 0.3 is 0 Å². The maximum absolute atomic E-state index is 9.12. The van der Waals surface area contributed by atoms with Crippen molar-refractivity contribution in [2.24, 2.45) is 5.73 Å². The molecule has 0 saturated heterocycles. The minimum atomic E-state index is -0.938. The number of rotatable bonds is 2. The van der Waals surface area contributed by atoms with Crippen molar-refractivity contribution in [1.29, 1.82) is 0 Å². The third-order valence-electron chi connectivity index (χ3n) is 1.15. The molecule has 6 heteroatoms. The Labute approximate surface area is 68.0 Å². The summed E-state index contributed by atoms with van der Waals surface area (Å²) in [5, 5.41) is 9.18. The number of nitrogens with two attached hydrogens (primary N) is 2. The fourth-order valence-electron chi connectivity index (χ4n) is 0.642. The molecule has 0 aliphatic carbocycles. The Morgan fingerprint density at radius 1 is 1.73 bits per heavy atom. The fourth-order valence-corrected chi connectivity index (χ4v) is 0.890. The molecule has 0 fully saturated rings. The van der Waals surface area contributed by atoms with Crippen LogP contribution >= 0.6 is 11.6 Å². The van der Waals surface area contributed by atoms with Gasteiger partial charge in [0.2, 0.25) is 0 Å². The van der Waals surface area contributed by atoms with Gasteiger partial charge in [-0.2, -0.15) is 4.98 Å². The topological polar surface area (TPSA) is 98.3 Å². The Morgan fingerprint density at radius 3 is 2.73 bits per heavy atom. The number of hydrogen-bond donors (Lipinski definition) is 3. The second-order valence-corrected chi connectivity index (χ2v) is 2.32. The highest BCUT2D eigenvalue weighted by molar-refractivity contribution is 6.30. The SMILES string of the molecule is NCC(O)c1oc(N)nc1Cl. The maximum Gasteiger partial charge on any atom is 0.293 e. The van der Waals surface area contributed by atoms with Crippen LogP contribution < -0.4 is 11.5 Å². The molecule has 0 radical (unpaired) electrons. The van der Waals surface area contributed by atoms with E-state index in [2.05, 4.69) is 4.98 Å². The predicted molar refractivity (Wildman–Crippen MR) is 39.9 cm³/mol. The fraction of sp³-hybridized carbons (Fsp3) is 0.400. The van der Waals surface area contributed by atoms with Gasteiger partial charge in [0.05, 0.1) is 0 Å².